The molecule has 1 heteroatoms. The Morgan fingerprint density at radius 1 is 1.00 bits per heavy atom. The minimum absolute atomic E-state index is 0.662. The summed E-state index contributed by atoms with van der Waals surface area (Å²) in [7, 11) is 0. The van der Waals surface area contributed by atoms with Crippen LogP contribution in [0.25, 0.3) is 0 Å². The number of hydrogen-bond donors (Lipinski definition) is 1. The van der Waals surface area contributed by atoms with E-state index in [0.717, 1.165) is 12.5 Å². The van der Waals surface area contributed by atoms with Gasteiger partial charge < -0.3 is 5.73 Å². The highest BCUT2D eigenvalue weighted by atomic mass is 14.5. The highest BCUT2D eigenvalue weighted by Gasteiger charge is 1.85. The molecule has 0 radical (unpaired) electrons. The third-order valence-corrected chi connectivity index (χ3v) is 1.34. The zero-order chi connectivity index (χ0) is 9.28. The topological polar surface area (TPSA) is 26.0 Å². The van der Waals surface area contributed by atoms with Crippen molar-refractivity contribution in [3.05, 3.63) is 0 Å². The van der Waals surface area contributed by atoms with Gasteiger partial charge in [-0.3, -0.25) is 0 Å². The van der Waals surface area contributed by atoms with E-state index in [4.69, 9.17) is 5.73 Å². The molecule has 11 heavy (non-hydrogen) atoms. The van der Waals surface area contributed by atoms with Gasteiger partial charge in [0.15, 0.2) is 0 Å². The van der Waals surface area contributed by atoms with Gasteiger partial charge in [0.2, 0.25) is 0 Å². The Kier molecular flexibility index (Phi) is 12.3. The van der Waals surface area contributed by atoms with Crippen LogP contribution in [-0.2, 0) is 0 Å². The molecule has 0 aliphatic rings. The third kappa shape index (κ3) is 25.7. The molecule has 0 bridgehead atoms. The largest absolute Gasteiger partial charge is 0.330 e. The molecule has 0 fully saturated rings. The maximum absolute atomic E-state index is 5.17. The molecule has 0 spiro atoms. The smallest absolute Gasteiger partial charge is 0.00541 e. The molecule has 0 rings (SSSR count). The third-order valence-electron chi connectivity index (χ3n) is 1.34. The van der Waals surface area contributed by atoms with Crippen LogP contribution in [0.15, 0.2) is 0 Å². The molecule has 0 aromatic carbocycles. The first kappa shape index (κ1) is 13.5. The van der Waals surface area contributed by atoms with Gasteiger partial charge in [-0.2, -0.15) is 0 Å². The van der Waals surface area contributed by atoms with Gasteiger partial charge >= 0.3 is 0 Å². The van der Waals surface area contributed by atoms with Gasteiger partial charge in [0, 0.05) is 0 Å². The monoisotopic (exact) mass is 159 g/mol. The van der Waals surface area contributed by atoms with Gasteiger partial charge in [-0.25, -0.2) is 0 Å². The second kappa shape index (κ2) is 9.96. The molecular weight excluding hydrogens is 134 g/mol. The zero-order valence-corrected chi connectivity index (χ0v) is 8.85. The zero-order valence-electron chi connectivity index (χ0n) is 8.85. The van der Waals surface area contributed by atoms with E-state index in [9.17, 15) is 0 Å². The summed E-state index contributed by atoms with van der Waals surface area (Å²) in [6, 6.07) is 0. The molecule has 0 amide bonds. The van der Waals surface area contributed by atoms with Crippen molar-refractivity contribution in [3.8, 4) is 0 Å². The van der Waals surface area contributed by atoms with E-state index in [1.165, 1.54) is 12.8 Å². The summed E-state index contributed by atoms with van der Waals surface area (Å²) in [6.07, 6.45) is 2.71. The molecule has 0 aliphatic heterocycles. The van der Waals surface area contributed by atoms with Crippen molar-refractivity contribution >= 4 is 0 Å². The summed E-state index contributed by atoms with van der Waals surface area (Å²) in [6.45, 7) is 11.7. The Hall–Kier alpha value is -0.0400. The normalized spacial score (nSPS) is 9.82. The minimum atomic E-state index is 0.662. The van der Waals surface area contributed by atoms with Crippen molar-refractivity contribution in [2.24, 2.45) is 17.6 Å². The quantitative estimate of drug-likeness (QED) is 0.673. The molecule has 0 saturated carbocycles. The maximum Gasteiger partial charge on any atom is -0.00541 e. The first-order chi connectivity index (χ1) is 5.04. The number of hydrogen-bond acceptors (Lipinski definition) is 1. The van der Waals surface area contributed by atoms with Gasteiger partial charge in [0.1, 0.15) is 0 Å². The highest BCUT2D eigenvalue weighted by Crippen LogP contribution is 2.00. The first-order valence-electron chi connectivity index (χ1n) is 4.74. The fourth-order valence-electron chi connectivity index (χ4n) is 0.577. The van der Waals surface area contributed by atoms with E-state index < -0.39 is 0 Å². The molecule has 0 unspecified atom stereocenters. The van der Waals surface area contributed by atoms with E-state index in [-0.39, 0.29) is 0 Å². The molecule has 0 aromatic heterocycles. The lowest BCUT2D eigenvalue weighted by atomic mass is 10.1. The van der Waals surface area contributed by atoms with Crippen molar-refractivity contribution < 1.29 is 0 Å². The standard InChI is InChI=1S/C6H14.C4H11N/c1-4-5-6(2)3;1-4(2)3-5/h6H,4-5H2,1-3H3;4H,3,5H2,1-2H3. The molecule has 0 heterocycles. The van der Waals surface area contributed by atoms with Gasteiger partial charge in [-0.1, -0.05) is 47.5 Å². The molecule has 70 valence electrons. The molecule has 0 aliphatic carbocycles. The van der Waals surface area contributed by atoms with Crippen molar-refractivity contribution in [2.75, 3.05) is 6.54 Å². The SMILES string of the molecule is CC(C)CN.CCCC(C)C. The molecule has 1 nitrogen and oxygen atoms in total. The first-order valence-corrected chi connectivity index (χ1v) is 4.74. The van der Waals surface area contributed by atoms with Crippen molar-refractivity contribution in [2.45, 2.75) is 47.5 Å². The van der Waals surface area contributed by atoms with E-state index >= 15 is 0 Å². The lowest BCUT2D eigenvalue weighted by Gasteiger charge is -1.95. The van der Waals surface area contributed by atoms with Gasteiger partial charge in [0.25, 0.3) is 0 Å². The van der Waals surface area contributed by atoms with Crippen LogP contribution in [0.5, 0.6) is 0 Å². The van der Waals surface area contributed by atoms with Crippen LogP contribution in [0.2, 0.25) is 0 Å². The van der Waals surface area contributed by atoms with E-state index in [2.05, 4.69) is 34.6 Å². The predicted molar refractivity (Wildman–Crippen MR) is 53.6 cm³/mol. The molecule has 0 atom stereocenters. The average Bonchev–Trinajstić information content (AvgIpc) is 1.89. The van der Waals surface area contributed by atoms with Gasteiger partial charge in [0.05, 0.1) is 0 Å². The van der Waals surface area contributed by atoms with Crippen molar-refractivity contribution in [1.29, 1.82) is 0 Å². The molecule has 2 N–H and O–H groups in total. The summed E-state index contributed by atoms with van der Waals surface area (Å²) in [5.41, 5.74) is 5.17. The van der Waals surface area contributed by atoms with Crippen LogP contribution in [0.1, 0.15) is 47.5 Å². The summed E-state index contributed by atoms with van der Waals surface area (Å²) in [4.78, 5) is 0. The summed E-state index contributed by atoms with van der Waals surface area (Å²) in [5.74, 6) is 1.56. The number of nitrogens with two attached hydrogens (primary N) is 1. The summed E-state index contributed by atoms with van der Waals surface area (Å²) < 4.78 is 0. The Labute approximate surface area is 72.4 Å². The van der Waals surface area contributed by atoms with Crippen molar-refractivity contribution in [1.82, 2.24) is 0 Å². The van der Waals surface area contributed by atoms with Crippen LogP contribution in [0.3, 0.4) is 0 Å². The van der Waals surface area contributed by atoms with Crippen LogP contribution >= 0.6 is 0 Å². The van der Waals surface area contributed by atoms with E-state index in [0.29, 0.717) is 5.92 Å². The van der Waals surface area contributed by atoms with Crippen LogP contribution in [0.4, 0.5) is 0 Å². The average molecular weight is 159 g/mol. The lowest BCUT2D eigenvalue weighted by Crippen LogP contribution is -2.05. The Balaban J connectivity index is 0. The van der Waals surface area contributed by atoms with Crippen LogP contribution in [-0.4, -0.2) is 6.54 Å². The summed E-state index contributed by atoms with van der Waals surface area (Å²) >= 11 is 0. The number of rotatable bonds is 3. The molecular formula is C10H25N. The maximum atomic E-state index is 5.17. The second-order valence-corrected chi connectivity index (χ2v) is 3.81. The fraction of sp³-hybridized carbons (Fsp3) is 1.00. The van der Waals surface area contributed by atoms with Gasteiger partial charge in [-0.15, -0.1) is 0 Å². The second-order valence-electron chi connectivity index (χ2n) is 3.81. The van der Waals surface area contributed by atoms with E-state index in [1.807, 2.05) is 0 Å². The molecule has 0 saturated heterocycles. The Morgan fingerprint density at radius 2 is 1.36 bits per heavy atom. The van der Waals surface area contributed by atoms with Crippen LogP contribution < -0.4 is 5.73 Å². The van der Waals surface area contributed by atoms with Gasteiger partial charge in [-0.05, 0) is 18.4 Å². The Morgan fingerprint density at radius 3 is 1.36 bits per heavy atom. The fourth-order valence-corrected chi connectivity index (χ4v) is 0.577. The summed E-state index contributed by atoms with van der Waals surface area (Å²) in [5, 5.41) is 0. The van der Waals surface area contributed by atoms with E-state index in [1.54, 1.807) is 0 Å². The predicted octanol–water partition coefficient (Wildman–Crippen LogP) is 3.04. The Bertz CT molecular complexity index is 57.9. The lowest BCUT2D eigenvalue weighted by molar-refractivity contribution is 0.576. The molecule has 0 aromatic rings. The van der Waals surface area contributed by atoms with Crippen molar-refractivity contribution in [3.63, 3.8) is 0 Å². The highest BCUT2D eigenvalue weighted by molar-refractivity contribution is 4.39. The minimum Gasteiger partial charge on any atom is -0.330 e. The van der Waals surface area contributed by atoms with Crippen LogP contribution in [0, 0.1) is 11.8 Å².